The van der Waals surface area contributed by atoms with Crippen LogP contribution in [0, 0.1) is 6.92 Å². The Labute approximate surface area is 77.1 Å². The summed E-state index contributed by atoms with van der Waals surface area (Å²) in [6.07, 6.45) is 6.53. The Morgan fingerprint density at radius 1 is 1.62 bits per heavy atom. The topological polar surface area (TPSA) is 39.2 Å². The number of carbonyl (C=O) groups is 1. The lowest BCUT2D eigenvalue weighted by atomic mass is 10.1. The Morgan fingerprint density at radius 2 is 2.38 bits per heavy atom. The molecule has 1 aromatic rings. The average Bonchev–Trinajstić information content (AvgIpc) is 2.16. The Bertz CT molecular complexity index is 331. The number of rotatable bonds is 2. The largest absolute Gasteiger partial charge is 0.466 e. The molecular formula is C10H11NO2. The van der Waals surface area contributed by atoms with Crippen molar-refractivity contribution in [3.8, 4) is 0 Å². The number of methoxy groups -OCH3 is 1. The van der Waals surface area contributed by atoms with Gasteiger partial charge in [-0.3, -0.25) is 4.98 Å². The Kier molecular flexibility index (Phi) is 3.20. The minimum atomic E-state index is -0.351. The predicted molar refractivity (Wildman–Crippen MR) is 50.0 cm³/mol. The van der Waals surface area contributed by atoms with Gasteiger partial charge in [0.2, 0.25) is 0 Å². The molecule has 0 aliphatic rings. The van der Waals surface area contributed by atoms with Crippen LogP contribution in [-0.4, -0.2) is 18.1 Å². The fraction of sp³-hybridized carbons (Fsp3) is 0.200. The van der Waals surface area contributed by atoms with E-state index in [4.69, 9.17) is 0 Å². The number of nitrogens with zero attached hydrogens (tertiary/aromatic N) is 1. The van der Waals surface area contributed by atoms with Gasteiger partial charge in [0.15, 0.2) is 0 Å². The van der Waals surface area contributed by atoms with Gasteiger partial charge < -0.3 is 4.74 Å². The van der Waals surface area contributed by atoms with Crippen molar-refractivity contribution in [3.63, 3.8) is 0 Å². The molecule has 1 heterocycles. The van der Waals surface area contributed by atoms with Gasteiger partial charge in [-0.1, -0.05) is 0 Å². The Morgan fingerprint density at radius 3 is 3.00 bits per heavy atom. The smallest absolute Gasteiger partial charge is 0.330 e. The lowest BCUT2D eigenvalue weighted by Gasteiger charge is -1.96. The average molecular weight is 177 g/mol. The van der Waals surface area contributed by atoms with Crippen molar-refractivity contribution in [1.29, 1.82) is 0 Å². The van der Waals surface area contributed by atoms with Crippen molar-refractivity contribution in [2.75, 3.05) is 7.11 Å². The van der Waals surface area contributed by atoms with E-state index in [1.807, 2.05) is 13.0 Å². The molecule has 0 saturated carbocycles. The van der Waals surface area contributed by atoms with E-state index in [-0.39, 0.29) is 5.97 Å². The van der Waals surface area contributed by atoms with Gasteiger partial charge >= 0.3 is 5.97 Å². The summed E-state index contributed by atoms with van der Waals surface area (Å²) >= 11 is 0. The fourth-order valence-corrected chi connectivity index (χ4v) is 0.897. The first-order chi connectivity index (χ1) is 6.24. The van der Waals surface area contributed by atoms with Crippen LogP contribution in [0.2, 0.25) is 0 Å². The van der Waals surface area contributed by atoms with Crippen molar-refractivity contribution in [1.82, 2.24) is 4.98 Å². The first-order valence-electron chi connectivity index (χ1n) is 3.90. The molecule has 0 radical (unpaired) electrons. The number of esters is 1. The van der Waals surface area contributed by atoms with Crippen LogP contribution in [0.5, 0.6) is 0 Å². The Hall–Kier alpha value is -1.64. The highest BCUT2D eigenvalue weighted by Gasteiger charge is 1.94. The van der Waals surface area contributed by atoms with Crippen LogP contribution in [-0.2, 0) is 9.53 Å². The van der Waals surface area contributed by atoms with Gasteiger partial charge in [0.25, 0.3) is 0 Å². The molecule has 0 N–H and O–H groups in total. The molecule has 0 unspecified atom stereocenters. The van der Waals surface area contributed by atoms with Crippen LogP contribution in [0.1, 0.15) is 11.1 Å². The molecule has 0 fully saturated rings. The molecule has 0 spiro atoms. The third-order valence-corrected chi connectivity index (χ3v) is 1.66. The molecule has 0 atom stereocenters. The van der Waals surface area contributed by atoms with Crippen molar-refractivity contribution >= 4 is 12.0 Å². The van der Waals surface area contributed by atoms with Gasteiger partial charge in [-0.2, -0.15) is 0 Å². The first kappa shape index (κ1) is 9.45. The van der Waals surface area contributed by atoms with E-state index in [1.54, 1.807) is 18.5 Å². The van der Waals surface area contributed by atoms with Crippen molar-refractivity contribution in [2.45, 2.75) is 6.92 Å². The van der Waals surface area contributed by atoms with Crippen molar-refractivity contribution in [2.24, 2.45) is 0 Å². The summed E-state index contributed by atoms with van der Waals surface area (Å²) in [4.78, 5) is 14.7. The maximum atomic E-state index is 10.8. The summed E-state index contributed by atoms with van der Waals surface area (Å²) in [5.74, 6) is -0.351. The summed E-state index contributed by atoms with van der Waals surface area (Å²) in [5.41, 5.74) is 2.00. The molecule has 13 heavy (non-hydrogen) atoms. The highest BCUT2D eigenvalue weighted by molar-refractivity contribution is 5.87. The molecule has 0 saturated heterocycles. The third kappa shape index (κ3) is 2.71. The summed E-state index contributed by atoms with van der Waals surface area (Å²) in [6, 6.07) is 1.84. The van der Waals surface area contributed by atoms with Gasteiger partial charge in [-0.25, -0.2) is 4.79 Å². The molecule has 1 aromatic heterocycles. The number of hydrogen-bond donors (Lipinski definition) is 0. The normalized spacial score (nSPS) is 10.3. The maximum absolute atomic E-state index is 10.8. The van der Waals surface area contributed by atoms with E-state index in [9.17, 15) is 4.79 Å². The standard InChI is InChI=1S/C10H11NO2/c1-8-7-11-6-5-9(8)3-4-10(12)13-2/h3-7H,1-2H3. The van der Waals surface area contributed by atoms with E-state index in [0.717, 1.165) is 11.1 Å². The predicted octanol–water partition coefficient (Wildman–Crippen LogP) is 1.58. The van der Waals surface area contributed by atoms with Gasteiger partial charge in [0.1, 0.15) is 0 Å². The molecule has 0 aliphatic heterocycles. The van der Waals surface area contributed by atoms with Gasteiger partial charge in [-0.15, -0.1) is 0 Å². The molecule has 0 bridgehead atoms. The van der Waals surface area contributed by atoms with Crippen LogP contribution in [0.4, 0.5) is 0 Å². The molecular weight excluding hydrogens is 166 g/mol. The highest BCUT2D eigenvalue weighted by Crippen LogP contribution is 2.06. The zero-order valence-corrected chi connectivity index (χ0v) is 7.65. The number of aryl methyl sites for hydroxylation is 1. The minimum Gasteiger partial charge on any atom is -0.466 e. The van der Waals surface area contributed by atoms with Crippen LogP contribution in [0.15, 0.2) is 24.5 Å². The molecule has 1 rings (SSSR count). The van der Waals surface area contributed by atoms with Crippen LogP contribution in [0.25, 0.3) is 6.08 Å². The quantitative estimate of drug-likeness (QED) is 0.508. The molecule has 0 aromatic carbocycles. The SMILES string of the molecule is COC(=O)C=Cc1ccncc1C. The van der Waals surface area contributed by atoms with E-state index in [2.05, 4.69) is 9.72 Å². The maximum Gasteiger partial charge on any atom is 0.330 e. The van der Waals surface area contributed by atoms with Crippen molar-refractivity contribution in [3.05, 3.63) is 35.7 Å². The highest BCUT2D eigenvalue weighted by atomic mass is 16.5. The number of aromatic nitrogens is 1. The molecule has 68 valence electrons. The van der Waals surface area contributed by atoms with Crippen LogP contribution < -0.4 is 0 Å². The summed E-state index contributed by atoms with van der Waals surface area (Å²) in [5, 5.41) is 0. The van der Waals surface area contributed by atoms with Crippen LogP contribution >= 0.6 is 0 Å². The molecule has 3 heteroatoms. The second-order valence-corrected chi connectivity index (χ2v) is 2.59. The monoisotopic (exact) mass is 177 g/mol. The minimum absolute atomic E-state index is 0.351. The van der Waals surface area contributed by atoms with Crippen molar-refractivity contribution < 1.29 is 9.53 Å². The number of ether oxygens (including phenoxy) is 1. The summed E-state index contributed by atoms with van der Waals surface area (Å²) < 4.78 is 4.47. The molecule has 0 amide bonds. The fourth-order valence-electron chi connectivity index (χ4n) is 0.897. The number of carbonyl (C=O) groups excluding carboxylic acids is 1. The van der Waals surface area contributed by atoms with E-state index >= 15 is 0 Å². The van der Waals surface area contributed by atoms with Gasteiger partial charge in [0.05, 0.1) is 7.11 Å². The zero-order valence-electron chi connectivity index (χ0n) is 7.65. The summed E-state index contributed by atoms with van der Waals surface area (Å²) in [6.45, 7) is 1.93. The first-order valence-corrected chi connectivity index (χ1v) is 3.90. The zero-order chi connectivity index (χ0) is 9.68. The lowest BCUT2D eigenvalue weighted by Crippen LogP contribution is -1.93. The van der Waals surface area contributed by atoms with Gasteiger partial charge in [0, 0.05) is 18.5 Å². The van der Waals surface area contributed by atoms with Crippen LogP contribution in [0.3, 0.4) is 0 Å². The van der Waals surface area contributed by atoms with E-state index in [1.165, 1.54) is 13.2 Å². The lowest BCUT2D eigenvalue weighted by molar-refractivity contribution is -0.134. The van der Waals surface area contributed by atoms with E-state index in [0.29, 0.717) is 0 Å². The molecule has 0 aliphatic carbocycles. The van der Waals surface area contributed by atoms with Gasteiger partial charge in [-0.05, 0) is 30.2 Å². The molecule has 3 nitrogen and oxygen atoms in total. The number of hydrogen-bond acceptors (Lipinski definition) is 3. The summed E-state index contributed by atoms with van der Waals surface area (Å²) in [7, 11) is 1.35. The third-order valence-electron chi connectivity index (χ3n) is 1.66. The Balaban J connectivity index is 2.80. The van der Waals surface area contributed by atoms with E-state index < -0.39 is 0 Å². The second kappa shape index (κ2) is 4.40. The second-order valence-electron chi connectivity index (χ2n) is 2.59. The number of pyridine rings is 1.